The van der Waals surface area contributed by atoms with Crippen LogP contribution >= 0.6 is 0 Å². The van der Waals surface area contributed by atoms with Gasteiger partial charge in [-0.2, -0.15) is 0 Å². The van der Waals surface area contributed by atoms with Gasteiger partial charge in [-0.3, -0.25) is 10.1 Å². The van der Waals surface area contributed by atoms with Crippen molar-refractivity contribution in [1.82, 2.24) is 10.2 Å². The summed E-state index contributed by atoms with van der Waals surface area (Å²) in [5.41, 5.74) is 1.49. The summed E-state index contributed by atoms with van der Waals surface area (Å²) in [6.45, 7) is 2.01. The number of imide groups is 1. The third-order valence-corrected chi connectivity index (χ3v) is 4.71. The van der Waals surface area contributed by atoms with E-state index in [0.29, 0.717) is 49.2 Å². The van der Waals surface area contributed by atoms with Gasteiger partial charge in [-0.05, 0) is 25.2 Å². The molecule has 0 fully saturated rings. The normalized spacial score (nSPS) is 12.3. The predicted molar refractivity (Wildman–Crippen MR) is 115 cm³/mol. The largest absolute Gasteiger partial charge is 0.497 e. The summed E-state index contributed by atoms with van der Waals surface area (Å²) >= 11 is 0. The molecule has 1 aliphatic rings. The molecule has 2 aromatic carbocycles. The topological polar surface area (TPSA) is 98.4 Å². The minimum Gasteiger partial charge on any atom is -0.497 e. The molecule has 3 rings (SSSR count). The first-order chi connectivity index (χ1) is 15.0. The predicted octanol–water partition coefficient (Wildman–Crippen LogP) is 2.65. The van der Waals surface area contributed by atoms with E-state index >= 15 is 0 Å². The first kappa shape index (κ1) is 22.2. The van der Waals surface area contributed by atoms with E-state index in [9.17, 15) is 9.59 Å². The van der Waals surface area contributed by atoms with Gasteiger partial charge in [-0.15, -0.1) is 0 Å². The highest BCUT2D eigenvalue weighted by atomic mass is 16.6. The minimum atomic E-state index is -0.596. The Morgan fingerprint density at radius 2 is 1.81 bits per heavy atom. The lowest BCUT2D eigenvalue weighted by molar-refractivity contribution is -0.120. The van der Waals surface area contributed by atoms with Gasteiger partial charge in [0, 0.05) is 42.9 Å². The molecule has 0 spiro atoms. The second-order valence-electron chi connectivity index (χ2n) is 7.03. The Morgan fingerprint density at radius 3 is 2.55 bits per heavy atom. The Kier molecular flexibility index (Phi) is 7.55. The molecule has 0 bridgehead atoms. The monoisotopic (exact) mass is 429 g/mol. The van der Waals surface area contributed by atoms with Crippen LogP contribution in [0.2, 0.25) is 0 Å². The molecule has 3 amide bonds. The molecule has 9 nitrogen and oxygen atoms in total. The maximum Gasteiger partial charge on any atom is 0.325 e. The van der Waals surface area contributed by atoms with E-state index in [1.54, 1.807) is 32.4 Å². The van der Waals surface area contributed by atoms with Crippen LogP contribution in [-0.4, -0.2) is 57.9 Å². The van der Waals surface area contributed by atoms with Crippen molar-refractivity contribution in [2.24, 2.45) is 0 Å². The number of anilines is 1. The van der Waals surface area contributed by atoms with Crippen LogP contribution in [0, 0.1) is 0 Å². The molecule has 1 aliphatic heterocycles. The number of benzene rings is 2. The zero-order valence-electron chi connectivity index (χ0n) is 17.9. The summed E-state index contributed by atoms with van der Waals surface area (Å²) in [5.74, 6) is 2.25. The quantitative estimate of drug-likeness (QED) is 0.666. The number of hydrogen-bond acceptors (Lipinski definition) is 7. The Hall–Kier alpha value is -3.46. The molecule has 0 unspecified atom stereocenters. The van der Waals surface area contributed by atoms with Crippen molar-refractivity contribution in [3.8, 4) is 23.0 Å². The van der Waals surface area contributed by atoms with Crippen molar-refractivity contribution in [3.63, 3.8) is 0 Å². The van der Waals surface area contributed by atoms with Crippen LogP contribution in [0.3, 0.4) is 0 Å². The summed E-state index contributed by atoms with van der Waals surface area (Å²) in [6, 6.07) is 10.1. The van der Waals surface area contributed by atoms with Crippen molar-refractivity contribution < 1.29 is 28.5 Å². The zero-order chi connectivity index (χ0) is 22.2. The number of methoxy groups -OCH3 is 2. The van der Waals surface area contributed by atoms with Crippen molar-refractivity contribution in [2.75, 3.05) is 46.3 Å². The fourth-order valence-corrected chi connectivity index (χ4v) is 3.12. The summed E-state index contributed by atoms with van der Waals surface area (Å²) in [6.07, 6.45) is 0.170. The lowest BCUT2D eigenvalue weighted by atomic mass is 10.1. The van der Waals surface area contributed by atoms with Gasteiger partial charge in [0.2, 0.25) is 5.91 Å². The van der Waals surface area contributed by atoms with Gasteiger partial charge in [-0.1, -0.05) is 6.07 Å². The first-order valence-electron chi connectivity index (χ1n) is 9.88. The number of carbonyl (C=O) groups is 2. The average Bonchev–Trinajstić information content (AvgIpc) is 2.77. The Balaban J connectivity index is 1.44. The molecule has 166 valence electrons. The molecule has 31 heavy (non-hydrogen) atoms. The molecule has 0 atom stereocenters. The summed E-state index contributed by atoms with van der Waals surface area (Å²) in [7, 11) is 5.10. The van der Waals surface area contributed by atoms with E-state index in [1.165, 1.54) is 0 Å². The summed E-state index contributed by atoms with van der Waals surface area (Å²) in [4.78, 5) is 26.2. The van der Waals surface area contributed by atoms with E-state index < -0.39 is 6.03 Å². The second kappa shape index (κ2) is 10.5. The van der Waals surface area contributed by atoms with Crippen LogP contribution in [-0.2, 0) is 11.3 Å². The van der Waals surface area contributed by atoms with E-state index in [2.05, 4.69) is 10.6 Å². The van der Waals surface area contributed by atoms with Gasteiger partial charge in [0.15, 0.2) is 11.5 Å². The van der Waals surface area contributed by atoms with Gasteiger partial charge in [0.25, 0.3) is 0 Å². The van der Waals surface area contributed by atoms with E-state index in [1.807, 2.05) is 30.1 Å². The molecule has 0 saturated carbocycles. The lowest BCUT2D eigenvalue weighted by Crippen LogP contribution is -2.36. The first-order valence-corrected chi connectivity index (χ1v) is 9.88. The molecule has 0 radical (unpaired) electrons. The molecular formula is C22H27N3O6. The number of nitrogens with one attached hydrogen (secondary N) is 2. The van der Waals surface area contributed by atoms with Crippen molar-refractivity contribution in [1.29, 1.82) is 0 Å². The number of hydrogen-bond donors (Lipinski definition) is 2. The van der Waals surface area contributed by atoms with Gasteiger partial charge in [0.05, 0.1) is 14.2 Å². The van der Waals surface area contributed by atoms with E-state index in [-0.39, 0.29) is 12.3 Å². The smallest absolute Gasteiger partial charge is 0.325 e. The zero-order valence-corrected chi connectivity index (χ0v) is 17.9. The number of amides is 3. The number of carbonyl (C=O) groups excluding carboxylic acids is 2. The van der Waals surface area contributed by atoms with Crippen LogP contribution in [0.15, 0.2) is 36.4 Å². The number of ether oxygens (including phenoxy) is 4. The number of urea groups is 1. The Morgan fingerprint density at radius 1 is 1.03 bits per heavy atom. The minimum absolute atomic E-state index is 0.170. The average molecular weight is 429 g/mol. The number of rotatable bonds is 8. The van der Waals surface area contributed by atoms with Crippen LogP contribution < -0.4 is 29.6 Å². The van der Waals surface area contributed by atoms with Gasteiger partial charge >= 0.3 is 6.03 Å². The van der Waals surface area contributed by atoms with E-state index in [0.717, 1.165) is 11.3 Å². The van der Waals surface area contributed by atoms with E-state index in [4.69, 9.17) is 18.9 Å². The third-order valence-electron chi connectivity index (χ3n) is 4.71. The van der Waals surface area contributed by atoms with Crippen molar-refractivity contribution in [2.45, 2.75) is 13.0 Å². The highest BCUT2D eigenvalue weighted by molar-refractivity contribution is 6.01. The van der Waals surface area contributed by atoms with Crippen molar-refractivity contribution in [3.05, 3.63) is 42.0 Å². The molecule has 0 saturated heterocycles. The van der Waals surface area contributed by atoms with Crippen LogP contribution in [0.1, 0.15) is 12.0 Å². The molecule has 2 N–H and O–H groups in total. The Labute approximate surface area is 181 Å². The molecule has 1 heterocycles. The lowest BCUT2D eigenvalue weighted by Gasteiger charge is -2.19. The summed E-state index contributed by atoms with van der Waals surface area (Å²) < 4.78 is 21.5. The SMILES string of the molecule is COc1ccc(CN(C)CCC(=O)NC(=O)Nc2ccc3c(c2)OCCO3)c(OC)c1. The van der Waals surface area contributed by atoms with Crippen LogP contribution in [0.25, 0.3) is 0 Å². The number of nitrogens with zero attached hydrogens (tertiary/aromatic N) is 1. The highest BCUT2D eigenvalue weighted by Crippen LogP contribution is 2.32. The molecule has 0 aromatic heterocycles. The van der Waals surface area contributed by atoms with Gasteiger partial charge in [-0.25, -0.2) is 4.79 Å². The Bertz CT molecular complexity index is 933. The molecule has 9 heteroatoms. The maximum atomic E-state index is 12.2. The fraction of sp³-hybridized carbons (Fsp3) is 0.364. The van der Waals surface area contributed by atoms with Crippen LogP contribution in [0.4, 0.5) is 10.5 Å². The molecule has 0 aliphatic carbocycles. The van der Waals surface area contributed by atoms with Gasteiger partial charge < -0.3 is 29.2 Å². The van der Waals surface area contributed by atoms with Crippen LogP contribution in [0.5, 0.6) is 23.0 Å². The maximum absolute atomic E-state index is 12.2. The molecular weight excluding hydrogens is 402 g/mol. The van der Waals surface area contributed by atoms with Gasteiger partial charge in [0.1, 0.15) is 24.7 Å². The summed E-state index contributed by atoms with van der Waals surface area (Å²) in [5, 5.41) is 4.96. The standard InChI is InChI=1S/C22H27N3O6/c1-25(14-15-4-6-17(28-2)13-19(15)29-3)9-8-21(26)24-22(27)23-16-5-7-18-20(12-16)31-11-10-30-18/h4-7,12-13H,8-11,14H2,1-3H3,(H2,23,24,26,27). The number of fused-ring (bicyclic) bond motifs is 1. The molecule has 2 aromatic rings. The highest BCUT2D eigenvalue weighted by Gasteiger charge is 2.15. The fourth-order valence-electron chi connectivity index (χ4n) is 3.12. The second-order valence-corrected chi connectivity index (χ2v) is 7.03. The third kappa shape index (κ3) is 6.26. The van der Waals surface area contributed by atoms with Crippen molar-refractivity contribution >= 4 is 17.6 Å².